The number of nitrogens with one attached hydrogen (secondary N) is 1. The molecule has 20 heavy (non-hydrogen) atoms. The largest absolute Gasteiger partial charge is 0.478 e. The second-order valence-electron chi connectivity index (χ2n) is 3.84. The van der Waals surface area contributed by atoms with Gasteiger partial charge in [-0.1, -0.05) is 23.2 Å². The van der Waals surface area contributed by atoms with Crippen molar-refractivity contribution in [1.82, 2.24) is 4.98 Å². The van der Waals surface area contributed by atoms with Crippen molar-refractivity contribution in [3.63, 3.8) is 0 Å². The van der Waals surface area contributed by atoms with Crippen molar-refractivity contribution >= 4 is 52.1 Å². The first kappa shape index (κ1) is 14.8. The fourth-order valence-corrected chi connectivity index (χ4v) is 2.79. The van der Waals surface area contributed by atoms with Crippen molar-refractivity contribution in [2.24, 2.45) is 0 Å². The quantitative estimate of drug-likeness (QED) is 0.899. The SMILES string of the molecule is Cc1ncsc1C(=O)Nc1c(Cl)cc(C(=O)O)cc1Cl. The third-order valence-electron chi connectivity index (χ3n) is 2.48. The summed E-state index contributed by atoms with van der Waals surface area (Å²) in [6, 6.07) is 2.45. The smallest absolute Gasteiger partial charge is 0.335 e. The summed E-state index contributed by atoms with van der Waals surface area (Å²) in [7, 11) is 0. The number of aryl methyl sites for hydroxylation is 1. The average molecular weight is 331 g/mol. The van der Waals surface area contributed by atoms with E-state index < -0.39 is 11.9 Å². The van der Waals surface area contributed by atoms with Gasteiger partial charge in [-0.15, -0.1) is 11.3 Å². The van der Waals surface area contributed by atoms with Gasteiger partial charge < -0.3 is 10.4 Å². The number of hydrogen-bond donors (Lipinski definition) is 2. The number of carboxylic acid groups (broad SMARTS) is 1. The molecule has 5 nitrogen and oxygen atoms in total. The molecule has 0 atom stereocenters. The first-order chi connectivity index (χ1) is 9.40. The molecule has 2 rings (SSSR count). The van der Waals surface area contributed by atoms with Crippen molar-refractivity contribution < 1.29 is 14.7 Å². The Labute approximate surface area is 128 Å². The molecule has 104 valence electrons. The van der Waals surface area contributed by atoms with Crippen LogP contribution < -0.4 is 5.32 Å². The van der Waals surface area contributed by atoms with Crippen LogP contribution in [0.1, 0.15) is 25.7 Å². The van der Waals surface area contributed by atoms with Crippen LogP contribution in [-0.4, -0.2) is 22.0 Å². The molecule has 0 radical (unpaired) electrons. The molecule has 8 heteroatoms. The molecule has 0 aliphatic rings. The lowest BCUT2D eigenvalue weighted by atomic mass is 10.2. The van der Waals surface area contributed by atoms with Gasteiger partial charge in [0, 0.05) is 0 Å². The van der Waals surface area contributed by atoms with Gasteiger partial charge in [0.05, 0.1) is 32.5 Å². The zero-order chi connectivity index (χ0) is 14.9. The molecule has 0 fully saturated rings. The molecule has 0 aliphatic carbocycles. The summed E-state index contributed by atoms with van der Waals surface area (Å²) in [5, 5.41) is 11.6. The molecule has 0 aliphatic heterocycles. The molecule has 0 spiro atoms. The van der Waals surface area contributed by atoms with Gasteiger partial charge in [0.15, 0.2) is 0 Å². The Morgan fingerprint density at radius 2 is 1.90 bits per heavy atom. The molecule has 1 aromatic heterocycles. The van der Waals surface area contributed by atoms with Gasteiger partial charge in [0.25, 0.3) is 5.91 Å². The third kappa shape index (κ3) is 2.92. The van der Waals surface area contributed by atoms with Crippen LogP contribution >= 0.6 is 34.5 Å². The van der Waals surface area contributed by atoms with Crippen LogP contribution in [0.25, 0.3) is 0 Å². The molecule has 1 heterocycles. The Morgan fingerprint density at radius 1 is 1.30 bits per heavy atom. The van der Waals surface area contributed by atoms with E-state index in [2.05, 4.69) is 10.3 Å². The first-order valence-electron chi connectivity index (χ1n) is 5.34. The second-order valence-corrected chi connectivity index (χ2v) is 5.51. The number of carboxylic acids is 1. The number of carbonyl (C=O) groups excluding carboxylic acids is 1. The number of benzene rings is 1. The summed E-state index contributed by atoms with van der Waals surface area (Å²) in [5.41, 5.74) is 2.28. The van der Waals surface area contributed by atoms with Gasteiger partial charge >= 0.3 is 5.97 Å². The highest BCUT2D eigenvalue weighted by Gasteiger charge is 2.17. The Kier molecular flexibility index (Phi) is 4.27. The van der Waals surface area contributed by atoms with Gasteiger partial charge in [0.1, 0.15) is 4.88 Å². The third-order valence-corrected chi connectivity index (χ3v) is 4.00. The zero-order valence-corrected chi connectivity index (χ0v) is 12.4. The van der Waals surface area contributed by atoms with Crippen LogP contribution in [0.15, 0.2) is 17.6 Å². The minimum absolute atomic E-state index is 0.0491. The predicted octanol–water partition coefficient (Wildman–Crippen LogP) is 3.71. The molecule has 0 saturated carbocycles. The van der Waals surface area contributed by atoms with Crippen LogP contribution in [0.5, 0.6) is 0 Å². The van der Waals surface area contributed by atoms with Crippen molar-refractivity contribution in [2.45, 2.75) is 6.92 Å². The van der Waals surface area contributed by atoms with Crippen molar-refractivity contribution in [2.75, 3.05) is 5.32 Å². The zero-order valence-electron chi connectivity index (χ0n) is 10.1. The Morgan fingerprint density at radius 3 is 2.35 bits per heavy atom. The summed E-state index contributed by atoms with van der Waals surface area (Å²) < 4.78 is 0. The fourth-order valence-electron chi connectivity index (χ4n) is 1.51. The fraction of sp³-hybridized carbons (Fsp3) is 0.0833. The summed E-state index contributed by atoms with van der Waals surface area (Å²) in [4.78, 5) is 27.3. The summed E-state index contributed by atoms with van der Waals surface area (Å²) >= 11 is 13.1. The normalized spacial score (nSPS) is 10.3. The highest BCUT2D eigenvalue weighted by Crippen LogP contribution is 2.32. The lowest BCUT2D eigenvalue weighted by molar-refractivity contribution is 0.0696. The Hall–Kier alpha value is -1.63. The van der Waals surface area contributed by atoms with Crippen molar-refractivity contribution in [3.05, 3.63) is 43.8 Å². The van der Waals surface area contributed by atoms with E-state index >= 15 is 0 Å². The number of halogens is 2. The van der Waals surface area contributed by atoms with E-state index in [0.29, 0.717) is 10.6 Å². The number of aromatic nitrogens is 1. The molecular formula is C12H8Cl2N2O3S. The number of thiazole rings is 1. The molecule has 0 bridgehead atoms. The molecule has 2 aromatic rings. The number of amides is 1. The van der Waals surface area contributed by atoms with Gasteiger partial charge in [-0.05, 0) is 19.1 Å². The Balaban J connectivity index is 2.33. The molecule has 1 aromatic carbocycles. The maximum Gasteiger partial charge on any atom is 0.335 e. The summed E-state index contributed by atoms with van der Waals surface area (Å²) in [5.74, 6) is -1.54. The molecule has 1 amide bonds. The van der Waals surface area contributed by atoms with Gasteiger partial charge in [0.2, 0.25) is 0 Å². The van der Waals surface area contributed by atoms with Crippen molar-refractivity contribution in [1.29, 1.82) is 0 Å². The minimum Gasteiger partial charge on any atom is -0.478 e. The van der Waals surface area contributed by atoms with Crippen LogP contribution in [0.2, 0.25) is 10.0 Å². The van der Waals surface area contributed by atoms with E-state index in [4.69, 9.17) is 28.3 Å². The number of aromatic carboxylic acids is 1. The molecular weight excluding hydrogens is 323 g/mol. The van der Waals surface area contributed by atoms with E-state index in [-0.39, 0.29) is 21.3 Å². The van der Waals surface area contributed by atoms with E-state index in [1.165, 1.54) is 23.5 Å². The van der Waals surface area contributed by atoms with E-state index in [1.807, 2.05) is 0 Å². The molecule has 2 N–H and O–H groups in total. The average Bonchev–Trinajstić information content (AvgIpc) is 2.79. The minimum atomic E-state index is -1.15. The predicted molar refractivity (Wildman–Crippen MR) is 78.2 cm³/mol. The van der Waals surface area contributed by atoms with Gasteiger partial charge in [-0.2, -0.15) is 0 Å². The molecule has 0 saturated heterocycles. The summed E-state index contributed by atoms with van der Waals surface area (Å²) in [6.07, 6.45) is 0. The topological polar surface area (TPSA) is 79.3 Å². The summed E-state index contributed by atoms with van der Waals surface area (Å²) in [6.45, 7) is 1.71. The monoisotopic (exact) mass is 330 g/mol. The second kappa shape index (κ2) is 5.78. The van der Waals surface area contributed by atoms with Crippen LogP contribution in [0.4, 0.5) is 5.69 Å². The lowest BCUT2D eigenvalue weighted by Gasteiger charge is -2.09. The maximum absolute atomic E-state index is 12.0. The standard InChI is InChI=1S/C12H8Cl2N2O3S/c1-5-10(20-4-15-5)11(17)16-9-7(13)2-6(12(18)19)3-8(9)14/h2-4H,1H3,(H,16,17)(H,18,19). The highest BCUT2D eigenvalue weighted by atomic mass is 35.5. The highest BCUT2D eigenvalue weighted by molar-refractivity contribution is 7.12. The maximum atomic E-state index is 12.0. The van der Waals surface area contributed by atoms with Crippen LogP contribution in [0, 0.1) is 6.92 Å². The molecule has 0 unspecified atom stereocenters. The number of nitrogens with zero attached hydrogens (tertiary/aromatic N) is 1. The van der Waals surface area contributed by atoms with Crippen LogP contribution in [-0.2, 0) is 0 Å². The number of rotatable bonds is 3. The van der Waals surface area contributed by atoms with Gasteiger partial charge in [-0.3, -0.25) is 4.79 Å². The van der Waals surface area contributed by atoms with E-state index in [1.54, 1.807) is 12.4 Å². The van der Waals surface area contributed by atoms with Crippen LogP contribution in [0.3, 0.4) is 0 Å². The van der Waals surface area contributed by atoms with Crippen molar-refractivity contribution in [3.8, 4) is 0 Å². The van der Waals surface area contributed by atoms with E-state index in [0.717, 1.165) is 0 Å². The number of hydrogen-bond acceptors (Lipinski definition) is 4. The lowest BCUT2D eigenvalue weighted by Crippen LogP contribution is -2.12. The van der Waals surface area contributed by atoms with Gasteiger partial charge in [-0.25, -0.2) is 9.78 Å². The first-order valence-corrected chi connectivity index (χ1v) is 6.97. The Bertz CT molecular complexity index is 677. The number of anilines is 1. The number of carbonyl (C=O) groups is 2. The van der Waals surface area contributed by atoms with E-state index in [9.17, 15) is 9.59 Å².